The van der Waals surface area contributed by atoms with Gasteiger partial charge in [0.1, 0.15) is 0 Å². The molecule has 0 aromatic heterocycles. The van der Waals surface area contributed by atoms with E-state index in [1.54, 1.807) is 0 Å². The fraction of sp³-hybridized carbons (Fsp3) is 1.00. The van der Waals surface area contributed by atoms with E-state index in [2.05, 4.69) is 20.8 Å². The molecule has 12 heavy (non-hydrogen) atoms. The molecule has 72 valence electrons. The molecule has 0 amide bonds. The van der Waals surface area contributed by atoms with E-state index in [0.717, 1.165) is 6.54 Å². The van der Waals surface area contributed by atoms with Crippen molar-refractivity contribution in [2.45, 2.75) is 52.9 Å². The van der Waals surface area contributed by atoms with Crippen molar-refractivity contribution in [2.75, 3.05) is 6.54 Å². The van der Waals surface area contributed by atoms with Gasteiger partial charge in [-0.2, -0.15) is 0 Å². The van der Waals surface area contributed by atoms with Gasteiger partial charge in [-0.15, -0.1) is 0 Å². The smallest absolute Gasteiger partial charge is 0.00206 e. The molecule has 1 fully saturated rings. The minimum atomic E-state index is 0.327. The molecular weight excluding hydrogens is 146 g/mol. The van der Waals surface area contributed by atoms with E-state index in [1.165, 1.54) is 32.1 Å². The molecule has 0 bridgehead atoms. The Labute approximate surface area is 76.7 Å². The molecule has 0 atom stereocenters. The van der Waals surface area contributed by atoms with Gasteiger partial charge in [0.05, 0.1) is 0 Å². The van der Waals surface area contributed by atoms with E-state index in [-0.39, 0.29) is 0 Å². The average Bonchev–Trinajstić information content (AvgIpc) is 2.06. The Morgan fingerprint density at radius 3 is 2.08 bits per heavy atom. The Kier molecular flexibility index (Phi) is 2.82. The van der Waals surface area contributed by atoms with E-state index in [4.69, 9.17) is 5.73 Å². The second kappa shape index (κ2) is 3.37. The molecule has 0 unspecified atom stereocenters. The van der Waals surface area contributed by atoms with Crippen LogP contribution < -0.4 is 5.73 Å². The van der Waals surface area contributed by atoms with Crippen LogP contribution in [0, 0.1) is 10.8 Å². The van der Waals surface area contributed by atoms with Gasteiger partial charge in [0.25, 0.3) is 0 Å². The van der Waals surface area contributed by atoms with Crippen LogP contribution in [0.2, 0.25) is 0 Å². The van der Waals surface area contributed by atoms with E-state index in [0.29, 0.717) is 10.8 Å². The molecule has 1 nitrogen and oxygen atoms in total. The Morgan fingerprint density at radius 2 is 1.67 bits per heavy atom. The highest BCUT2D eigenvalue weighted by molar-refractivity contribution is 4.91. The molecule has 0 spiro atoms. The van der Waals surface area contributed by atoms with Crippen LogP contribution in [-0.4, -0.2) is 6.54 Å². The Hall–Kier alpha value is -0.0400. The van der Waals surface area contributed by atoms with Crippen molar-refractivity contribution in [3.8, 4) is 0 Å². The minimum Gasteiger partial charge on any atom is -0.330 e. The lowest BCUT2D eigenvalue weighted by atomic mass is 9.60. The van der Waals surface area contributed by atoms with Crippen molar-refractivity contribution in [2.24, 2.45) is 16.6 Å². The van der Waals surface area contributed by atoms with Crippen LogP contribution in [-0.2, 0) is 0 Å². The molecule has 0 saturated heterocycles. The van der Waals surface area contributed by atoms with E-state index in [1.807, 2.05) is 0 Å². The zero-order valence-electron chi connectivity index (χ0n) is 8.82. The summed E-state index contributed by atoms with van der Waals surface area (Å²) < 4.78 is 0. The summed E-state index contributed by atoms with van der Waals surface area (Å²) in [6.07, 6.45) is 6.98. The molecule has 0 heterocycles. The zero-order valence-corrected chi connectivity index (χ0v) is 8.82. The lowest BCUT2D eigenvalue weighted by molar-refractivity contribution is 0.0513. The minimum absolute atomic E-state index is 0.327. The Bertz CT molecular complexity index is 143. The first kappa shape index (κ1) is 10.0. The van der Waals surface area contributed by atoms with Gasteiger partial charge in [-0.3, -0.25) is 0 Å². The second-order valence-corrected chi connectivity index (χ2v) is 5.21. The lowest BCUT2D eigenvalue weighted by Gasteiger charge is -2.46. The summed E-state index contributed by atoms with van der Waals surface area (Å²) in [5.74, 6) is 0. The third kappa shape index (κ3) is 1.66. The van der Waals surface area contributed by atoms with Crippen LogP contribution in [0.1, 0.15) is 52.9 Å². The normalized spacial score (nSPS) is 24.0. The molecule has 1 aliphatic rings. The van der Waals surface area contributed by atoms with Crippen molar-refractivity contribution in [1.82, 2.24) is 0 Å². The topological polar surface area (TPSA) is 26.0 Å². The van der Waals surface area contributed by atoms with Crippen LogP contribution in [0.3, 0.4) is 0 Å². The molecule has 0 aromatic carbocycles. The molecule has 1 aliphatic carbocycles. The van der Waals surface area contributed by atoms with Crippen LogP contribution in [0.5, 0.6) is 0 Å². The van der Waals surface area contributed by atoms with Gasteiger partial charge in [-0.1, -0.05) is 40.0 Å². The molecule has 0 radical (unpaired) electrons. The third-order valence-corrected chi connectivity index (χ3v) is 4.10. The van der Waals surface area contributed by atoms with Crippen LogP contribution in [0.4, 0.5) is 0 Å². The average molecular weight is 169 g/mol. The summed E-state index contributed by atoms with van der Waals surface area (Å²) in [6.45, 7) is 7.87. The van der Waals surface area contributed by atoms with Gasteiger partial charge in [0.2, 0.25) is 0 Å². The van der Waals surface area contributed by atoms with Gasteiger partial charge in [0, 0.05) is 0 Å². The molecule has 0 aliphatic heterocycles. The number of rotatable bonds is 2. The molecule has 0 aromatic rings. The van der Waals surface area contributed by atoms with Crippen molar-refractivity contribution in [1.29, 1.82) is 0 Å². The maximum atomic E-state index is 5.82. The first-order valence-electron chi connectivity index (χ1n) is 5.22. The van der Waals surface area contributed by atoms with Crippen LogP contribution in [0.15, 0.2) is 0 Å². The van der Waals surface area contributed by atoms with Crippen molar-refractivity contribution < 1.29 is 0 Å². The zero-order chi connectivity index (χ0) is 9.24. The number of hydrogen-bond acceptors (Lipinski definition) is 1. The SMILES string of the molecule is CC(C)(CN)C1(C)CCCCC1. The predicted octanol–water partition coefficient (Wildman–Crippen LogP) is 2.94. The largest absolute Gasteiger partial charge is 0.330 e. The fourth-order valence-corrected chi connectivity index (χ4v) is 2.26. The quantitative estimate of drug-likeness (QED) is 0.675. The van der Waals surface area contributed by atoms with Gasteiger partial charge >= 0.3 is 0 Å². The molecule has 1 rings (SSSR count). The summed E-state index contributed by atoms with van der Waals surface area (Å²) in [5, 5.41) is 0. The van der Waals surface area contributed by atoms with Gasteiger partial charge < -0.3 is 5.73 Å². The van der Waals surface area contributed by atoms with E-state index in [9.17, 15) is 0 Å². The fourth-order valence-electron chi connectivity index (χ4n) is 2.26. The number of nitrogens with two attached hydrogens (primary N) is 1. The van der Waals surface area contributed by atoms with E-state index >= 15 is 0 Å². The molecule has 2 N–H and O–H groups in total. The van der Waals surface area contributed by atoms with E-state index < -0.39 is 0 Å². The Morgan fingerprint density at radius 1 is 1.17 bits per heavy atom. The third-order valence-electron chi connectivity index (χ3n) is 4.10. The predicted molar refractivity (Wildman–Crippen MR) is 54.0 cm³/mol. The van der Waals surface area contributed by atoms with Crippen LogP contribution >= 0.6 is 0 Å². The summed E-state index contributed by atoms with van der Waals surface area (Å²) in [7, 11) is 0. The van der Waals surface area contributed by atoms with Crippen LogP contribution in [0.25, 0.3) is 0 Å². The standard InChI is InChI=1S/C11H23N/c1-10(2,9-12)11(3)7-5-4-6-8-11/h4-9,12H2,1-3H3. The first-order chi connectivity index (χ1) is 5.52. The maximum Gasteiger partial charge on any atom is -0.00206 e. The molecular formula is C11H23N. The maximum absolute atomic E-state index is 5.82. The monoisotopic (exact) mass is 169 g/mol. The van der Waals surface area contributed by atoms with Gasteiger partial charge in [-0.05, 0) is 30.2 Å². The highest BCUT2D eigenvalue weighted by Crippen LogP contribution is 2.48. The summed E-state index contributed by atoms with van der Waals surface area (Å²) in [6, 6.07) is 0. The summed E-state index contributed by atoms with van der Waals surface area (Å²) in [5.41, 5.74) is 6.65. The van der Waals surface area contributed by atoms with Crippen molar-refractivity contribution >= 4 is 0 Å². The molecule has 1 heteroatoms. The van der Waals surface area contributed by atoms with Gasteiger partial charge in [-0.25, -0.2) is 0 Å². The first-order valence-corrected chi connectivity index (χ1v) is 5.22. The highest BCUT2D eigenvalue weighted by atomic mass is 14.6. The summed E-state index contributed by atoms with van der Waals surface area (Å²) >= 11 is 0. The van der Waals surface area contributed by atoms with Gasteiger partial charge in [0.15, 0.2) is 0 Å². The van der Waals surface area contributed by atoms with Crippen molar-refractivity contribution in [3.63, 3.8) is 0 Å². The lowest BCUT2D eigenvalue weighted by Crippen LogP contribution is -2.42. The van der Waals surface area contributed by atoms with Crippen molar-refractivity contribution in [3.05, 3.63) is 0 Å². The second-order valence-electron chi connectivity index (χ2n) is 5.21. The number of hydrogen-bond donors (Lipinski definition) is 1. The highest BCUT2D eigenvalue weighted by Gasteiger charge is 2.40. The summed E-state index contributed by atoms with van der Waals surface area (Å²) in [4.78, 5) is 0. The molecule has 1 saturated carbocycles. The Balaban J connectivity index is 2.68.